The molecule has 1 fully saturated rings. The van der Waals surface area contributed by atoms with Crippen LogP contribution in [0.3, 0.4) is 0 Å². The molecule has 24 heavy (non-hydrogen) atoms. The number of H-pyrrole nitrogens is 1. The van der Waals surface area contributed by atoms with Gasteiger partial charge in [0.15, 0.2) is 12.9 Å². The summed E-state index contributed by atoms with van der Waals surface area (Å²) in [6.45, 7) is 1.06. The summed E-state index contributed by atoms with van der Waals surface area (Å²) in [5.41, 5.74) is 1.57. The molecule has 128 valence electrons. The van der Waals surface area contributed by atoms with E-state index in [0.29, 0.717) is 27.9 Å². The minimum atomic E-state index is -0.172. The minimum absolute atomic E-state index is 0.0595. The van der Waals surface area contributed by atoms with Gasteiger partial charge in [0.2, 0.25) is 0 Å². The molecule has 1 aliphatic heterocycles. The maximum Gasteiger partial charge on any atom is 0.174 e. The van der Waals surface area contributed by atoms with Gasteiger partial charge in [-0.25, -0.2) is 0 Å². The molecule has 1 N–H and O–H groups in total. The number of halogens is 3. The second-order valence-electron chi connectivity index (χ2n) is 5.39. The van der Waals surface area contributed by atoms with Crippen molar-refractivity contribution >= 4 is 56.7 Å². The number of hydrogen-bond donors (Lipinski definition) is 1. The second-order valence-corrected chi connectivity index (χ2v) is 7.26. The molecule has 1 aliphatic rings. The van der Waals surface area contributed by atoms with Crippen LogP contribution in [0, 0.1) is 14.9 Å². The van der Waals surface area contributed by atoms with Crippen molar-refractivity contribution in [2.75, 3.05) is 13.2 Å². The van der Waals surface area contributed by atoms with Gasteiger partial charge < -0.3 is 19.2 Å². The number of hydrogen-bond acceptors (Lipinski definition) is 4. The van der Waals surface area contributed by atoms with Gasteiger partial charge in [0.05, 0.1) is 33.2 Å². The van der Waals surface area contributed by atoms with Crippen LogP contribution in [0.1, 0.15) is 25.0 Å². The van der Waals surface area contributed by atoms with Crippen molar-refractivity contribution in [3.63, 3.8) is 0 Å². The molecule has 2 aromatic rings. The zero-order valence-electron chi connectivity index (χ0n) is 12.7. The first kappa shape index (κ1) is 18.1. The lowest BCUT2D eigenvalue weighted by Gasteiger charge is -2.22. The molecule has 8 heteroatoms. The van der Waals surface area contributed by atoms with Crippen molar-refractivity contribution in [1.29, 1.82) is 5.26 Å². The smallest absolute Gasteiger partial charge is 0.174 e. The lowest BCUT2D eigenvalue weighted by Crippen LogP contribution is -2.22. The highest BCUT2D eigenvalue weighted by Gasteiger charge is 2.21. The number of nitriles is 1. The third-order valence-electron chi connectivity index (χ3n) is 3.79. The van der Waals surface area contributed by atoms with Gasteiger partial charge in [-0.05, 0) is 41.9 Å². The first-order valence-corrected chi connectivity index (χ1v) is 9.36. The molecule has 3 rings (SSSR count). The van der Waals surface area contributed by atoms with Crippen molar-refractivity contribution in [1.82, 2.24) is 4.98 Å². The summed E-state index contributed by atoms with van der Waals surface area (Å²) in [6, 6.07) is 3.59. The summed E-state index contributed by atoms with van der Waals surface area (Å²) in [7, 11) is 0. The maximum absolute atomic E-state index is 8.75. The van der Waals surface area contributed by atoms with Crippen molar-refractivity contribution in [2.45, 2.75) is 32.2 Å². The highest BCUT2D eigenvalue weighted by atomic mass is 127. The predicted octanol–water partition coefficient (Wildman–Crippen LogP) is 5.02. The van der Waals surface area contributed by atoms with E-state index in [-0.39, 0.29) is 12.9 Å². The Balaban J connectivity index is 1.90. The topological polar surface area (TPSA) is 67.3 Å². The maximum atomic E-state index is 8.75. The fourth-order valence-corrected chi connectivity index (χ4v) is 3.85. The summed E-state index contributed by atoms with van der Waals surface area (Å²) in [5, 5.41) is 10.4. The first-order valence-electron chi connectivity index (χ1n) is 7.52. The molecule has 0 amide bonds. The number of fused-ring (bicyclic) bond motifs is 1. The molecule has 0 saturated carbocycles. The van der Waals surface area contributed by atoms with Crippen LogP contribution in [-0.4, -0.2) is 24.5 Å². The van der Waals surface area contributed by atoms with Crippen molar-refractivity contribution in [3.05, 3.63) is 25.4 Å². The van der Waals surface area contributed by atoms with Crippen LogP contribution < -0.4 is 4.74 Å². The number of aromatic amines is 1. The van der Waals surface area contributed by atoms with Crippen LogP contribution in [0.15, 0.2) is 6.07 Å². The zero-order valence-corrected chi connectivity index (χ0v) is 16.4. The summed E-state index contributed by atoms with van der Waals surface area (Å²) >= 11 is 14.7. The van der Waals surface area contributed by atoms with E-state index in [2.05, 4.69) is 27.6 Å². The molecule has 1 unspecified atom stereocenters. The normalized spacial score (nSPS) is 17.8. The van der Waals surface area contributed by atoms with E-state index in [4.69, 9.17) is 42.7 Å². The van der Waals surface area contributed by atoms with Crippen molar-refractivity contribution in [3.8, 4) is 11.8 Å². The van der Waals surface area contributed by atoms with Crippen molar-refractivity contribution in [2.24, 2.45) is 0 Å². The number of nitrogens with zero attached hydrogens (tertiary/aromatic N) is 1. The third-order valence-corrected chi connectivity index (χ3v) is 5.77. The molecular formula is C16H15Cl2IN2O3. The highest BCUT2D eigenvalue weighted by molar-refractivity contribution is 14.1. The molecule has 0 bridgehead atoms. The predicted molar refractivity (Wildman–Crippen MR) is 101 cm³/mol. The molecule has 0 aliphatic carbocycles. The fourth-order valence-electron chi connectivity index (χ4n) is 2.64. The van der Waals surface area contributed by atoms with Gasteiger partial charge in [0.1, 0.15) is 11.8 Å². The minimum Gasteiger partial charge on any atom is -0.478 e. The lowest BCUT2D eigenvalue weighted by molar-refractivity contribution is -0.169. The van der Waals surface area contributed by atoms with E-state index in [9.17, 15) is 0 Å². The van der Waals surface area contributed by atoms with Gasteiger partial charge in [-0.1, -0.05) is 23.2 Å². The van der Waals surface area contributed by atoms with Crippen LogP contribution in [0.25, 0.3) is 10.9 Å². The molecule has 0 spiro atoms. The van der Waals surface area contributed by atoms with Crippen molar-refractivity contribution < 1.29 is 14.2 Å². The average molecular weight is 481 g/mol. The van der Waals surface area contributed by atoms with Crippen LogP contribution in [0.5, 0.6) is 5.75 Å². The Kier molecular flexibility index (Phi) is 6.11. The number of rotatable bonds is 5. The van der Waals surface area contributed by atoms with Gasteiger partial charge in [-0.2, -0.15) is 5.26 Å². The zero-order chi connectivity index (χ0) is 17.1. The van der Waals surface area contributed by atoms with Crippen LogP contribution in [-0.2, 0) is 16.1 Å². The molecule has 5 nitrogen and oxygen atoms in total. The second kappa shape index (κ2) is 8.11. The monoisotopic (exact) mass is 480 g/mol. The van der Waals surface area contributed by atoms with E-state index in [1.807, 2.05) is 6.07 Å². The largest absolute Gasteiger partial charge is 0.478 e. The summed E-state index contributed by atoms with van der Waals surface area (Å²) in [6.07, 6.45) is 2.92. The van der Waals surface area contributed by atoms with Gasteiger partial charge in [0, 0.05) is 16.2 Å². The van der Waals surface area contributed by atoms with Crippen LogP contribution >= 0.6 is 45.8 Å². The van der Waals surface area contributed by atoms with Gasteiger partial charge >= 0.3 is 0 Å². The Labute approximate surface area is 163 Å². The molecule has 2 heterocycles. The summed E-state index contributed by atoms with van der Waals surface area (Å²) < 4.78 is 17.9. The first-order chi connectivity index (χ1) is 11.6. The fraction of sp³-hybridized carbons (Fsp3) is 0.438. The number of aromatic nitrogens is 1. The van der Waals surface area contributed by atoms with E-state index in [0.717, 1.165) is 40.5 Å². The molecule has 1 saturated heterocycles. The van der Waals surface area contributed by atoms with Gasteiger partial charge in [-0.3, -0.25) is 0 Å². The molecular weight excluding hydrogens is 466 g/mol. The van der Waals surface area contributed by atoms with E-state index in [1.54, 1.807) is 6.07 Å². The Morgan fingerprint density at radius 3 is 2.96 bits per heavy atom. The summed E-state index contributed by atoms with van der Waals surface area (Å²) in [4.78, 5) is 3.26. The molecule has 1 aromatic carbocycles. The Morgan fingerprint density at radius 2 is 2.25 bits per heavy atom. The Bertz CT molecular complexity index is 782. The average Bonchev–Trinajstić information content (AvgIpc) is 2.93. The van der Waals surface area contributed by atoms with Gasteiger partial charge in [0.25, 0.3) is 0 Å². The molecule has 1 aromatic heterocycles. The number of benzene rings is 1. The highest BCUT2D eigenvalue weighted by Crippen LogP contribution is 2.41. The van der Waals surface area contributed by atoms with E-state index in [1.165, 1.54) is 0 Å². The van der Waals surface area contributed by atoms with E-state index < -0.39 is 0 Å². The quantitative estimate of drug-likeness (QED) is 0.610. The number of ether oxygens (including phenoxy) is 3. The summed E-state index contributed by atoms with van der Waals surface area (Å²) in [5.74, 6) is 0.529. The Morgan fingerprint density at radius 1 is 1.42 bits per heavy atom. The third kappa shape index (κ3) is 3.75. The van der Waals surface area contributed by atoms with Gasteiger partial charge in [-0.15, -0.1) is 0 Å². The van der Waals surface area contributed by atoms with Crippen LogP contribution in [0.4, 0.5) is 0 Å². The number of nitrogens with one attached hydrogen (secondary N) is 1. The van der Waals surface area contributed by atoms with Crippen LogP contribution in [0.2, 0.25) is 10.0 Å². The molecule has 1 atom stereocenters. The SMILES string of the molecule is N#CCOc1cc(Cl)c(Cl)c2[nH]c(COC3CCCCO3)c(I)c12. The van der Waals surface area contributed by atoms with E-state index >= 15 is 0 Å². The molecule has 0 radical (unpaired) electrons. The lowest BCUT2D eigenvalue weighted by atomic mass is 10.2. The standard InChI is InChI=1S/C16H15Cl2IN2O3/c17-9-7-11(22-6-4-20)13-15(19)10(21-16(13)14(9)18)8-24-12-3-1-2-5-23-12/h7,12,21H,1-3,5-6,8H2. The Hall–Kier alpha value is -0.720.